The van der Waals surface area contributed by atoms with Gasteiger partial charge in [0.2, 0.25) is 0 Å². The molecule has 3 N–H and O–H groups in total. The molecule has 0 saturated heterocycles. The van der Waals surface area contributed by atoms with Crippen LogP contribution < -0.4 is 11.3 Å². The van der Waals surface area contributed by atoms with Gasteiger partial charge in [-0.05, 0) is 32.8 Å². The summed E-state index contributed by atoms with van der Waals surface area (Å²) in [4.78, 5) is 0. The Labute approximate surface area is 96.9 Å². The van der Waals surface area contributed by atoms with E-state index >= 15 is 0 Å². The van der Waals surface area contributed by atoms with Crippen molar-refractivity contribution in [1.82, 2.24) is 5.43 Å². The average molecular weight is 230 g/mol. The van der Waals surface area contributed by atoms with Crippen LogP contribution in [0.15, 0.2) is 11.8 Å². The van der Waals surface area contributed by atoms with Crippen LogP contribution in [0.5, 0.6) is 0 Å². The van der Waals surface area contributed by atoms with Crippen molar-refractivity contribution >= 4 is 0 Å². The van der Waals surface area contributed by atoms with Crippen LogP contribution in [0, 0.1) is 0 Å². The predicted octanol–water partition coefficient (Wildman–Crippen LogP) is 0.912. The highest BCUT2D eigenvalue weighted by Gasteiger charge is 2.27. The fraction of sp³-hybridized carbons (Fsp3) is 0.818. The van der Waals surface area contributed by atoms with Crippen molar-refractivity contribution in [2.24, 2.45) is 5.84 Å². The topological polar surface area (TPSA) is 65.7 Å². The zero-order chi connectivity index (χ0) is 11.8. The zero-order valence-corrected chi connectivity index (χ0v) is 10.1. The van der Waals surface area contributed by atoms with Crippen molar-refractivity contribution in [3.05, 3.63) is 11.8 Å². The molecule has 1 atom stereocenters. The Hall–Kier alpha value is -0.620. The molecule has 1 aliphatic rings. The van der Waals surface area contributed by atoms with Gasteiger partial charge in [0.15, 0.2) is 6.29 Å². The molecule has 0 aromatic carbocycles. The molecule has 0 spiro atoms. The number of nitrogens with two attached hydrogens (primary N) is 1. The first-order valence-electron chi connectivity index (χ1n) is 5.85. The molecule has 16 heavy (non-hydrogen) atoms. The van der Waals surface area contributed by atoms with Gasteiger partial charge in [-0.1, -0.05) is 0 Å². The van der Waals surface area contributed by atoms with Crippen LogP contribution in [-0.2, 0) is 14.2 Å². The van der Waals surface area contributed by atoms with Crippen molar-refractivity contribution < 1.29 is 14.2 Å². The van der Waals surface area contributed by atoms with Crippen molar-refractivity contribution in [2.75, 3.05) is 19.8 Å². The van der Waals surface area contributed by atoms with E-state index in [1.165, 1.54) is 0 Å². The van der Waals surface area contributed by atoms with Gasteiger partial charge in [0.1, 0.15) is 11.8 Å². The SMILES string of the molecule is CCOC(OCC)C(NN)C1=CCCCO1. The summed E-state index contributed by atoms with van der Waals surface area (Å²) in [6, 6.07) is -0.236. The molecule has 1 heterocycles. The molecule has 1 aliphatic heterocycles. The summed E-state index contributed by atoms with van der Waals surface area (Å²) < 4.78 is 16.6. The predicted molar refractivity (Wildman–Crippen MR) is 61.4 cm³/mol. The first-order chi connectivity index (χ1) is 7.83. The van der Waals surface area contributed by atoms with Gasteiger partial charge in [-0.3, -0.25) is 5.84 Å². The summed E-state index contributed by atoms with van der Waals surface area (Å²) in [5, 5.41) is 0. The van der Waals surface area contributed by atoms with Crippen LogP contribution in [0.3, 0.4) is 0 Å². The average Bonchev–Trinajstić information content (AvgIpc) is 2.32. The normalized spacial score (nSPS) is 18.1. The van der Waals surface area contributed by atoms with E-state index in [0.29, 0.717) is 13.2 Å². The van der Waals surface area contributed by atoms with Gasteiger partial charge in [-0.2, -0.15) is 0 Å². The Morgan fingerprint density at radius 2 is 2.12 bits per heavy atom. The number of hydrogen-bond acceptors (Lipinski definition) is 5. The standard InChI is InChI=1S/C11H22N2O3/c1-3-14-11(15-4-2)10(13-12)9-7-5-6-8-16-9/h7,10-11,13H,3-6,8,12H2,1-2H3. The van der Waals surface area contributed by atoms with Gasteiger partial charge >= 0.3 is 0 Å². The molecule has 0 aliphatic carbocycles. The number of allylic oxidation sites excluding steroid dienone is 1. The monoisotopic (exact) mass is 230 g/mol. The molecule has 0 aromatic heterocycles. The third-order valence-corrected chi connectivity index (χ3v) is 2.38. The van der Waals surface area contributed by atoms with Crippen LogP contribution in [0.4, 0.5) is 0 Å². The third kappa shape index (κ3) is 3.75. The summed E-state index contributed by atoms with van der Waals surface area (Å²) in [6.45, 7) is 5.74. The van der Waals surface area contributed by atoms with Gasteiger partial charge in [0.05, 0.1) is 6.61 Å². The maximum absolute atomic E-state index is 5.56. The maximum atomic E-state index is 5.56. The molecule has 5 nitrogen and oxygen atoms in total. The number of ether oxygens (including phenoxy) is 3. The first kappa shape index (κ1) is 13.4. The largest absolute Gasteiger partial charge is 0.496 e. The van der Waals surface area contributed by atoms with E-state index in [2.05, 4.69) is 5.43 Å². The highest BCUT2D eigenvalue weighted by Crippen LogP contribution is 2.17. The second-order valence-electron chi connectivity index (χ2n) is 3.52. The number of hydrazine groups is 1. The molecule has 0 aromatic rings. The van der Waals surface area contributed by atoms with E-state index in [1.54, 1.807) is 0 Å². The van der Waals surface area contributed by atoms with E-state index in [9.17, 15) is 0 Å². The Morgan fingerprint density at radius 3 is 2.56 bits per heavy atom. The molecule has 0 radical (unpaired) electrons. The van der Waals surface area contributed by atoms with Gasteiger partial charge in [-0.25, -0.2) is 5.43 Å². The van der Waals surface area contributed by atoms with Crippen LogP contribution in [0.1, 0.15) is 26.7 Å². The zero-order valence-electron chi connectivity index (χ0n) is 10.1. The summed E-state index contributed by atoms with van der Waals surface area (Å²) in [5.41, 5.74) is 2.70. The minimum atomic E-state index is -0.399. The molecule has 5 heteroatoms. The lowest BCUT2D eigenvalue weighted by Gasteiger charge is -2.29. The van der Waals surface area contributed by atoms with Crippen LogP contribution >= 0.6 is 0 Å². The Morgan fingerprint density at radius 1 is 1.44 bits per heavy atom. The maximum Gasteiger partial charge on any atom is 0.181 e. The number of hydrogen-bond donors (Lipinski definition) is 2. The van der Waals surface area contributed by atoms with Gasteiger partial charge in [-0.15, -0.1) is 0 Å². The summed E-state index contributed by atoms with van der Waals surface area (Å²) in [6.07, 6.45) is 3.70. The lowest BCUT2D eigenvalue weighted by atomic mass is 10.1. The van der Waals surface area contributed by atoms with E-state index in [1.807, 2.05) is 19.9 Å². The Bertz CT molecular complexity index is 215. The van der Waals surface area contributed by atoms with Crippen molar-refractivity contribution in [1.29, 1.82) is 0 Å². The van der Waals surface area contributed by atoms with Crippen molar-refractivity contribution in [3.63, 3.8) is 0 Å². The smallest absolute Gasteiger partial charge is 0.181 e. The third-order valence-electron chi connectivity index (χ3n) is 2.38. The second-order valence-corrected chi connectivity index (χ2v) is 3.52. The molecular formula is C11H22N2O3. The minimum Gasteiger partial charge on any atom is -0.496 e. The van der Waals surface area contributed by atoms with Crippen molar-refractivity contribution in [2.45, 2.75) is 39.0 Å². The first-order valence-corrected chi connectivity index (χ1v) is 5.85. The summed E-state index contributed by atoms with van der Waals surface area (Å²) in [7, 11) is 0. The Balaban J connectivity index is 2.64. The summed E-state index contributed by atoms with van der Waals surface area (Å²) in [5.74, 6) is 6.35. The molecule has 0 saturated carbocycles. The molecule has 1 unspecified atom stereocenters. The van der Waals surface area contributed by atoms with E-state index in [4.69, 9.17) is 20.1 Å². The lowest BCUT2D eigenvalue weighted by Crippen LogP contribution is -2.48. The molecule has 0 fully saturated rings. The summed E-state index contributed by atoms with van der Waals surface area (Å²) >= 11 is 0. The van der Waals surface area contributed by atoms with Gasteiger partial charge < -0.3 is 14.2 Å². The van der Waals surface area contributed by atoms with Crippen LogP contribution in [0.2, 0.25) is 0 Å². The lowest BCUT2D eigenvalue weighted by molar-refractivity contribution is -0.154. The Kier molecular flexibility index (Phi) is 6.40. The fourth-order valence-electron chi connectivity index (χ4n) is 1.66. The van der Waals surface area contributed by atoms with Crippen molar-refractivity contribution in [3.8, 4) is 0 Å². The van der Waals surface area contributed by atoms with E-state index < -0.39 is 6.29 Å². The highest BCUT2D eigenvalue weighted by atomic mass is 16.7. The molecule has 1 rings (SSSR count). The highest BCUT2D eigenvalue weighted by molar-refractivity contribution is 5.06. The van der Waals surface area contributed by atoms with E-state index in [-0.39, 0.29) is 6.04 Å². The van der Waals surface area contributed by atoms with E-state index in [0.717, 1.165) is 25.2 Å². The minimum absolute atomic E-state index is 0.236. The molecule has 94 valence electrons. The molecular weight excluding hydrogens is 208 g/mol. The molecule has 0 bridgehead atoms. The fourth-order valence-corrected chi connectivity index (χ4v) is 1.66. The number of nitrogens with one attached hydrogen (secondary N) is 1. The molecule has 0 amide bonds. The quantitative estimate of drug-likeness (QED) is 0.386. The van der Waals surface area contributed by atoms with Gasteiger partial charge in [0.25, 0.3) is 0 Å². The van der Waals surface area contributed by atoms with Gasteiger partial charge in [0, 0.05) is 13.2 Å². The van der Waals surface area contributed by atoms with Crippen LogP contribution in [0.25, 0.3) is 0 Å². The van der Waals surface area contributed by atoms with Crippen LogP contribution in [-0.4, -0.2) is 32.2 Å². The second kappa shape index (κ2) is 7.62. The number of rotatable bonds is 7.